The Kier molecular flexibility index (Phi) is 3.72. The predicted molar refractivity (Wildman–Crippen MR) is 54.6 cm³/mol. The molecular formula is C10H9F2NO4. The number of nitro benzene ring substituents is 1. The second-order valence-electron chi connectivity index (χ2n) is 3.23. The summed E-state index contributed by atoms with van der Waals surface area (Å²) in [5.41, 5.74) is -1.53. The topological polar surface area (TPSA) is 69.4 Å². The van der Waals surface area contributed by atoms with Crippen molar-refractivity contribution in [2.75, 3.05) is 7.11 Å². The van der Waals surface area contributed by atoms with Crippen molar-refractivity contribution in [1.82, 2.24) is 0 Å². The number of Topliss-reactive ketones (excluding diaryl/α,β-unsaturated/α-hetero) is 1. The van der Waals surface area contributed by atoms with Gasteiger partial charge < -0.3 is 4.74 Å². The van der Waals surface area contributed by atoms with Gasteiger partial charge >= 0.3 is 5.69 Å². The highest BCUT2D eigenvalue weighted by atomic mass is 19.3. The number of benzene rings is 1. The number of nitrogens with zero attached hydrogens (tertiary/aromatic N) is 1. The first-order valence-electron chi connectivity index (χ1n) is 4.54. The van der Waals surface area contributed by atoms with Crippen LogP contribution in [-0.2, 0) is 0 Å². The second kappa shape index (κ2) is 4.86. The molecule has 0 spiro atoms. The Bertz CT molecular complexity index is 474. The molecular weight excluding hydrogens is 236 g/mol. The molecule has 1 aromatic rings. The van der Waals surface area contributed by atoms with E-state index in [2.05, 4.69) is 0 Å². The molecule has 0 radical (unpaired) electrons. The summed E-state index contributed by atoms with van der Waals surface area (Å²) in [4.78, 5) is 21.0. The van der Waals surface area contributed by atoms with E-state index >= 15 is 0 Å². The fraction of sp³-hybridized carbons (Fsp3) is 0.300. The minimum atomic E-state index is -2.96. The molecule has 0 bridgehead atoms. The molecule has 0 saturated heterocycles. The Labute approximate surface area is 95.2 Å². The van der Waals surface area contributed by atoms with E-state index in [0.29, 0.717) is 6.07 Å². The molecule has 5 nitrogen and oxygen atoms in total. The molecule has 1 aromatic carbocycles. The van der Waals surface area contributed by atoms with Crippen LogP contribution in [-0.4, -0.2) is 17.8 Å². The number of carbonyl (C=O) groups excluding carboxylic acids is 1. The number of halogens is 2. The molecule has 0 atom stereocenters. The lowest BCUT2D eigenvalue weighted by atomic mass is 10.0. The Hall–Kier alpha value is -2.05. The van der Waals surface area contributed by atoms with Gasteiger partial charge in [-0.05, 0) is 13.0 Å². The van der Waals surface area contributed by atoms with Gasteiger partial charge in [0.15, 0.2) is 11.5 Å². The van der Waals surface area contributed by atoms with E-state index in [-0.39, 0.29) is 11.3 Å². The lowest BCUT2D eigenvalue weighted by Gasteiger charge is -2.09. The van der Waals surface area contributed by atoms with Gasteiger partial charge in [-0.25, -0.2) is 8.78 Å². The molecule has 0 unspecified atom stereocenters. The second-order valence-corrected chi connectivity index (χ2v) is 3.23. The van der Waals surface area contributed by atoms with Crippen molar-refractivity contribution in [2.45, 2.75) is 13.3 Å². The predicted octanol–water partition coefficient (Wildman–Crippen LogP) is 2.74. The van der Waals surface area contributed by atoms with Crippen molar-refractivity contribution >= 4 is 11.5 Å². The number of ketones is 1. The Morgan fingerprint density at radius 1 is 1.47 bits per heavy atom. The average Bonchev–Trinajstić information content (AvgIpc) is 2.26. The van der Waals surface area contributed by atoms with Crippen LogP contribution in [0.1, 0.15) is 29.3 Å². The molecule has 0 N–H and O–H groups in total. The summed E-state index contributed by atoms with van der Waals surface area (Å²) in [6.07, 6.45) is -2.96. The number of ether oxygens (including phenoxy) is 1. The summed E-state index contributed by atoms with van der Waals surface area (Å²) < 4.78 is 30.0. The van der Waals surface area contributed by atoms with E-state index < -0.39 is 28.4 Å². The van der Waals surface area contributed by atoms with Crippen LogP contribution in [0.4, 0.5) is 14.5 Å². The fourth-order valence-electron chi connectivity index (χ4n) is 1.38. The van der Waals surface area contributed by atoms with Crippen LogP contribution in [0, 0.1) is 10.1 Å². The summed E-state index contributed by atoms with van der Waals surface area (Å²) >= 11 is 0. The first-order valence-corrected chi connectivity index (χ1v) is 4.54. The molecule has 92 valence electrons. The maximum absolute atomic E-state index is 12.7. The zero-order valence-electron chi connectivity index (χ0n) is 9.07. The van der Waals surface area contributed by atoms with Crippen molar-refractivity contribution in [3.05, 3.63) is 33.4 Å². The Morgan fingerprint density at radius 2 is 2.06 bits per heavy atom. The van der Waals surface area contributed by atoms with E-state index in [9.17, 15) is 23.7 Å². The van der Waals surface area contributed by atoms with Crippen molar-refractivity contribution in [2.24, 2.45) is 0 Å². The SMILES string of the molecule is COc1cc(C(C)=O)c(C(F)F)cc1[N+](=O)[O-]. The monoisotopic (exact) mass is 245 g/mol. The summed E-state index contributed by atoms with van der Waals surface area (Å²) in [5, 5.41) is 10.6. The average molecular weight is 245 g/mol. The molecule has 7 heteroatoms. The molecule has 0 aliphatic carbocycles. The zero-order valence-corrected chi connectivity index (χ0v) is 9.07. The largest absolute Gasteiger partial charge is 0.490 e. The normalized spacial score (nSPS) is 10.4. The van der Waals surface area contributed by atoms with Crippen LogP contribution < -0.4 is 4.74 Å². The molecule has 1 rings (SSSR count). The van der Waals surface area contributed by atoms with E-state index in [4.69, 9.17) is 4.74 Å². The van der Waals surface area contributed by atoms with Gasteiger partial charge in [0.05, 0.1) is 12.0 Å². The standard InChI is InChI=1S/C10H9F2NO4/c1-5(14)6-4-9(17-2)8(13(15)16)3-7(6)10(11)12/h3-4,10H,1-2H3. The first-order chi connectivity index (χ1) is 7.88. The smallest absolute Gasteiger partial charge is 0.311 e. The van der Waals surface area contributed by atoms with Gasteiger partial charge in [0.2, 0.25) is 0 Å². The summed E-state index contributed by atoms with van der Waals surface area (Å²) in [6.45, 7) is 1.10. The number of methoxy groups -OCH3 is 1. The maximum Gasteiger partial charge on any atom is 0.311 e. The molecule has 0 amide bonds. The third-order valence-corrected chi connectivity index (χ3v) is 2.16. The van der Waals surface area contributed by atoms with Crippen molar-refractivity contribution in [1.29, 1.82) is 0 Å². The third-order valence-electron chi connectivity index (χ3n) is 2.16. The highest BCUT2D eigenvalue weighted by molar-refractivity contribution is 5.96. The van der Waals surface area contributed by atoms with Crippen molar-refractivity contribution < 1.29 is 23.2 Å². The van der Waals surface area contributed by atoms with Gasteiger partial charge in [0.25, 0.3) is 6.43 Å². The van der Waals surface area contributed by atoms with Crippen LogP contribution >= 0.6 is 0 Å². The van der Waals surface area contributed by atoms with Gasteiger partial charge in [-0.15, -0.1) is 0 Å². The first kappa shape index (κ1) is 13.0. The van der Waals surface area contributed by atoms with Crippen LogP contribution in [0.2, 0.25) is 0 Å². The molecule has 0 fully saturated rings. The number of alkyl halides is 2. The number of hydrogen-bond donors (Lipinski definition) is 0. The van der Waals surface area contributed by atoms with E-state index in [0.717, 1.165) is 20.1 Å². The van der Waals surface area contributed by atoms with Crippen molar-refractivity contribution in [3.63, 3.8) is 0 Å². The van der Waals surface area contributed by atoms with E-state index in [1.54, 1.807) is 0 Å². The number of hydrogen-bond acceptors (Lipinski definition) is 4. The quantitative estimate of drug-likeness (QED) is 0.464. The zero-order chi connectivity index (χ0) is 13.2. The third kappa shape index (κ3) is 2.55. The van der Waals surface area contributed by atoms with Gasteiger partial charge in [-0.2, -0.15) is 0 Å². The highest BCUT2D eigenvalue weighted by Gasteiger charge is 2.24. The number of rotatable bonds is 4. The number of nitro groups is 1. The molecule has 0 aliphatic heterocycles. The van der Waals surface area contributed by atoms with Crippen LogP contribution in [0.15, 0.2) is 12.1 Å². The van der Waals surface area contributed by atoms with Gasteiger partial charge in [0.1, 0.15) is 0 Å². The minimum Gasteiger partial charge on any atom is -0.490 e. The van der Waals surface area contributed by atoms with Gasteiger partial charge in [-0.3, -0.25) is 14.9 Å². The summed E-state index contributed by atoms with van der Waals surface area (Å²) in [7, 11) is 1.16. The lowest BCUT2D eigenvalue weighted by molar-refractivity contribution is -0.385. The molecule has 0 aromatic heterocycles. The number of carbonyl (C=O) groups is 1. The van der Waals surface area contributed by atoms with Gasteiger partial charge in [0, 0.05) is 17.2 Å². The van der Waals surface area contributed by atoms with E-state index in [1.165, 1.54) is 0 Å². The Balaban J connectivity index is 3.53. The minimum absolute atomic E-state index is 0.218. The lowest BCUT2D eigenvalue weighted by Crippen LogP contribution is -2.04. The Morgan fingerprint density at radius 3 is 2.41 bits per heavy atom. The highest BCUT2D eigenvalue weighted by Crippen LogP contribution is 2.34. The molecule has 0 saturated carbocycles. The fourth-order valence-corrected chi connectivity index (χ4v) is 1.38. The maximum atomic E-state index is 12.7. The molecule has 0 aliphatic rings. The molecule has 0 heterocycles. The summed E-state index contributed by atoms with van der Waals surface area (Å²) in [5.74, 6) is -0.821. The van der Waals surface area contributed by atoms with Crippen LogP contribution in [0.5, 0.6) is 5.75 Å². The van der Waals surface area contributed by atoms with Crippen LogP contribution in [0.3, 0.4) is 0 Å². The van der Waals surface area contributed by atoms with Crippen LogP contribution in [0.25, 0.3) is 0 Å². The van der Waals surface area contributed by atoms with E-state index in [1.807, 2.05) is 0 Å². The van der Waals surface area contributed by atoms with Crippen molar-refractivity contribution in [3.8, 4) is 5.75 Å². The molecule has 17 heavy (non-hydrogen) atoms. The van der Waals surface area contributed by atoms with Gasteiger partial charge in [-0.1, -0.05) is 0 Å². The summed E-state index contributed by atoms with van der Waals surface area (Å²) in [6, 6.07) is 1.63.